The van der Waals surface area contributed by atoms with Gasteiger partial charge in [-0.3, -0.25) is 0 Å². The van der Waals surface area contributed by atoms with Gasteiger partial charge in [0.1, 0.15) is 0 Å². The summed E-state index contributed by atoms with van der Waals surface area (Å²) in [5, 5.41) is 15.7. The van der Waals surface area contributed by atoms with Crippen LogP contribution in [0.3, 0.4) is 0 Å². The van der Waals surface area contributed by atoms with Crippen LogP contribution in [0.5, 0.6) is 0 Å². The van der Waals surface area contributed by atoms with Crippen LogP contribution in [0.25, 0.3) is 71.3 Å². The molecule has 0 saturated carbocycles. The minimum atomic E-state index is 0.423. The SMILES string of the molecule is Cc1cccc(-n2c3ccccc3c3cc4cc5c6ccccc6c6ccccc6n5c4cc32)c1.N=C(/C=C(\N)c1ccccc1)c1ccccc1. The Morgan fingerprint density at radius 3 is 1.75 bits per heavy atom. The zero-order valence-corrected chi connectivity index (χ0v) is 28.8. The summed E-state index contributed by atoms with van der Waals surface area (Å²) < 4.78 is 4.87. The van der Waals surface area contributed by atoms with Gasteiger partial charge in [0.2, 0.25) is 0 Å². The van der Waals surface area contributed by atoms with E-state index >= 15 is 0 Å². The van der Waals surface area contributed by atoms with E-state index in [1.54, 1.807) is 6.08 Å². The largest absolute Gasteiger partial charge is 0.398 e. The molecule has 0 bridgehead atoms. The highest BCUT2D eigenvalue weighted by Gasteiger charge is 2.17. The van der Waals surface area contributed by atoms with Gasteiger partial charge in [0.05, 0.1) is 33.3 Å². The number of aromatic nitrogens is 2. The Morgan fingerprint density at radius 1 is 0.481 bits per heavy atom. The smallest absolute Gasteiger partial charge is 0.0632 e. The van der Waals surface area contributed by atoms with E-state index < -0.39 is 0 Å². The molecule has 7 aromatic carbocycles. The van der Waals surface area contributed by atoms with E-state index in [1.165, 1.54) is 71.2 Å². The number of hydrogen-bond acceptors (Lipinski definition) is 2. The van der Waals surface area contributed by atoms with Crippen LogP contribution in [-0.2, 0) is 0 Å². The van der Waals surface area contributed by atoms with Crippen molar-refractivity contribution in [2.45, 2.75) is 6.92 Å². The van der Waals surface area contributed by atoms with Crippen molar-refractivity contribution in [2.24, 2.45) is 5.73 Å². The first kappa shape index (κ1) is 31.1. The molecule has 10 aromatic rings. The lowest BCUT2D eigenvalue weighted by molar-refractivity contribution is 1.17. The van der Waals surface area contributed by atoms with Gasteiger partial charge in [-0.1, -0.05) is 133 Å². The van der Waals surface area contributed by atoms with Crippen LogP contribution in [0.2, 0.25) is 0 Å². The van der Waals surface area contributed by atoms with Crippen LogP contribution in [0.1, 0.15) is 16.7 Å². The highest BCUT2D eigenvalue weighted by atomic mass is 15.0. The Labute approximate surface area is 301 Å². The predicted octanol–water partition coefficient (Wildman–Crippen LogP) is 11.9. The number of hydrogen-bond donors (Lipinski definition) is 2. The minimum absolute atomic E-state index is 0.423. The minimum Gasteiger partial charge on any atom is -0.398 e. The lowest BCUT2D eigenvalue weighted by Gasteiger charge is -2.11. The van der Waals surface area contributed by atoms with Gasteiger partial charge in [-0.25, -0.2) is 0 Å². The van der Waals surface area contributed by atoms with Crippen molar-refractivity contribution in [3.63, 3.8) is 0 Å². The molecule has 0 atom stereocenters. The molecule has 0 fully saturated rings. The number of para-hydroxylation sites is 2. The molecule has 4 heteroatoms. The number of fused-ring (bicyclic) bond motifs is 11. The Kier molecular flexibility index (Phi) is 7.63. The Balaban J connectivity index is 0.000000179. The van der Waals surface area contributed by atoms with Crippen LogP contribution >= 0.6 is 0 Å². The van der Waals surface area contributed by atoms with Crippen LogP contribution in [0, 0.1) is 12.3 Å². The summed E-state index contributed by atoms with van der Waals surface area (Å²) in [7, 11) is 0. The maximum absolute atomic E-state index is 7.95. The average Bonchev–Trinajstić information content (AvgIpc) is 3.73. The zero-order chi connectivity index (χ0) is 35.2. The third-order valence-corrected chi connectivity index (χ3v) is 9.98. The molecule has 3 heterocycles. The number of benzene rings is 7. The monoisotopic (exact) mass is 668 g/mol. The van der Waals surface area contributed by atoms with Crippen molar-refractivity contribution in [1.29, 1.82) is 5.41 Å². The fourth-order valence-electron chi connectivity index (χ4n) is 7.58. The van der Waals surface area contributed by atoms with Crippen LogP contribution in [0.4, 0.5) is 0 Å². The van der Waals surface area contributed by atoms with Gasteiger partial charge < -0.3 is 20.1 Å². The summed E-state index contributed by atoms with van der Waals surface area (Å²) >= 11 is 0. The third kappa shape index (κ3) is 5.29. The second-order valence-corrected chi connectivity index (χ2v) is 13.3. The molecular weight excluding hydrogens is 633 g/mol. The highest BCUT2D eigenvalue weighted by Crippen LogP contribution is 2.39. The molecule has 0 spiro atoms. The Bertz CT molecular complexity index is 2980. The third-order valence-electron chi connectivity index (χ3n) is 9.98. The molecule has 0 unspecified atom stereocenters. The van der Waals surface area contributed by atoms with E-state index in [2.05, 4.69) is 131 Å². The molecule has 4 nitrogen and oxygen atoms in total. The topological polar surface area (TPSA) is 59.2 Å². The number of nitrogens with one attached hydrogen (secondary N) is 1. The molecule has 10 rings (SSSR count). The van der Waals surface area contributed by atoms with Gasteiger partial charge in [-0.2, -0.15) is 0 Å². The zero-order valence-electron chi connectivity index (χ0n) is 28.8. The molecule has 248 valence electrons. The second-order valence-electron chi connectivity index (χ2n) is 13.3. The lowest BCUT2D eigenvalue weighted by Crippen LogP contribution is -2.02. The number of rotatable bonds is 4. The van der Waals surface area contributed by atoms with Crippen molar-refractivity contribution < 1.29 is 0 Å². The first-order valence-electron chi connectivity index (χ1n) is 17.6. The lowest BCUT2D eigenvalue weighted by atomic mass is 10.1. The van der Waals surface area contributed by atoms with Gasteiger partial charge in [0.25, 0.3) is 0 Å². The molecule has 0 saturated heterocycles. The Morgan fingerprint density at radius 2 is 1.06 bits per heavy atom. The van der Waals surface area contributed by atoms with Gasteiger partial charge in [-0.05, 0) is 77.5 Å². The summed E-state index contributed by atoms with van der Waals surface area (Å²) in [5.41, 5.74) is 17.5. The summed E-state index contributed by atoms with van der Waals surface area (Å²) in [6.45, 7) is 2.16. The quantitative estimate of drug-likeness (QED) is 0.142. The van der Waals surface area contributed by atoms with Crippen LogP contribution in [0.15, 0.2) is 182 Å². The van der Waals surface area contributed by atoms with Crippen molar-refractivity contribution >= 4 is 71.3 Å². The molecule has 0 amide bonds. The first-order chi connectivity index (χ1) is 25.5. The average molecular weight is 669 g/mol. The Hall–Kier alpha value is -6.91. The molecule has 3 N–H and O–H groups in total. The van der Waals surface area contributed by atoms with Crippen molar-refractivity contribution in [2.75, 3.05) is 0 Å². The molecule has 0 aliphatic carbocycles. The fraction of sp³-hybridized carbons (Fsp3) is 0.0208. The van der Waals surface area contributed by atoms with Crippen LogP contribution < -0.4 is 5.73 Å². The van der Waals surface area contributed by atoms with E-state index in [1.807, 2.05) is 60.7 Å². The number of allylic oxidation sites excluding steroid dienone is 1. The fourth-order valence-corrected chi connectivity index (χ4v) is 7.58. The van der Waals surface area contributed by atoms with Crippen molar-refractivity contribution in [3.05, 3.63) is 199 Å². The van der Waals surface area contributed by atoms with Crippen molar-refractivity contribution in [1.82, 2.24) is 8.97 Å². The molecule has 52 heavy (non-hydrogen) atoms. The standard InChI is InChI=1S/C33H22N2.C15H14N2/c1-21-9-8-10-23(17-21)34-29-15-6-5-14-27(29)28-18-22-19-32-26-13-3-2-11-24(26)25-12-4-7-16-30(25)35(32)31(22)20-33(28)34;16-14(12-7-3-1-4-8-12)11-15(17)13-9-5-2-6-10-13/h2-20H,1H3;1-11,16H,17H2/b;15-11-,16-14?. The second kappa shape index (κ2) is 12.8. The van der Waals surface area contributed by atoms with Crippen molar-refractivity contribution in [3.8, 4) is 5.69 Å². The van der Waals surface area contributed by atoms with E-state index in [0.717, 1.165) is 11.1 Å². The molecule has 0 aliphatic rings. The molecule has 0 aliphatic heterocycles. The summed E-state index contributed by atoms with van der Waals surface area (Å²) in [6.07, 6.45) is 1.69. The van der Waals surface area contributed by atoms with Gasteiger partial charge in [0.15, 0.2) is 0 Å². The summed E-state index contributed by atoms with van der Waals surface area (Å²) in [5.74, 6) is 0. The molecular formula is C48H36N4. The van der Waals surface area contributed by atoms with E-state index in [9.17, 15) is 0 Å². The van der Waals surface area contributed by atoms with E-state index in [4.69, 9.17) is 11.1 Å². The summed E-state index contributed by atoms with van der Waals surface area (Å²) in [4.78, 5) is 0. The number of nitrogens with two attached hydrogens (primary N) is 1. The van der Waals surface area contributed by atoms with E-state index in [-0.39, 0.29) is 0 Å². The maximum Gasteiger partial charge on any atom is 0.0632 e. The number of pyridine rings is 1. The van der Waals surface area contributed by atoms with E-state index in [0.29, 0.717) is 11.4 Å². The molecule has 0 radical (unpaired) electrons. The summed E-state index contributed by atoms with van der Waals surface area (Å²) in [6, 6.07) is 61.5. The number of aryl methyl sites for hydroxylation is 1. The number of nitrogens with zero attached hydrogens (tertiary/aromatic N) is 2. The molecule has 3 aromatic heterocycles. The maximum atomic E-state index is 7.95. The first-order valence-corrected chi connectivity index (χ1v) is 17.6. The van der Waals surface area contributed by atoms with Gasteiger partial charge >= 0.3 is 0 Å². The van der Waals surface area contributed by atoms with Gasteiger partial charge in [-0.15, -0.1) is 0 Å². The van der Waals surface area contributed by atoms with Crippen LogP contribution in [-0.4, -0.2) is 14.7 Å². The normalized spacial score (nSPS) is 11.8. The van der Waals surface area contributed by atoms with Gasteiger partial charge in [0, 0.05) is 38.3 Å². The highest BCUT2D eigenvalue weighted by molar-refractivity contribution is 6.19. The predicted molar refractivity (Wildman–Crippen MR) is 221 cm³/mol.